The van der Waals surface area contributed by atoms with E-state index in [-0.39, 0.29) is 13.3 Å². The molecule has 0 rings (SSSR count). The summed E-state index contributed by atoms with van der Waals surface area (Å²) >= 11 is 0. The van der Waals surface area contributed by atoms with Gasteiger partial charge in [-0.15, -0.1) is 11.7 Å². The highest BCUT2D eigenvalue weighted by Gasteiger charge is 2.26. The number of rotatable bonds is 11. The summed E-state index contributed by atoms with van der Waals surface area (Å²) in [5, 5.41) is 1.85. The molecular weight excluding hydrogens is 282 g/mol. The number of hydrogen-bond donors (Lipinski definition) is 2. The number of carbonyl (C=O) groups is 1. The van der Waals surface area contributed by atoms with Crippen molar-refractivity contribution in [2.24, 2.45) is 0 Å². The van der Waals surface area contributed by atoms with Crippen molar-refractivity contribution in [2.45, 2.75) is 13.1 Å². The van der Waals surface area contributed by atoms with E-state index in [0.29, 0.717) is 0 Å². The molecular formula is C11H21N3O5Si. The molecule has 0 saturated carbocycles. The van der Waals surface area contributed by atoms with Gasteiger partial charge in [-0.2, -0.15) is 0 Å². The fourth-order valence-electron chi connectivity index (χ4n) is 0.879. The SMILES string of the molecule is C=CCONN(C(=O)C=C)N(CO[Si](C)(C)O)OC=C. The van der Waals surface area contributed by atoms with Gasteiger partial charge in [0.25, 0.3) is 5.91 Å². The predicted molar refractivity (Wildman–Crippen MR) is 75.1 cm³/mol. The maximum Gasteiger partial charge on any atom is 0.330 e. The van der Waals surface area contributed by atoms with Crippen LogP contribution in [-0.2, 0) is 18.9 Å². The van der Waals surface area contributed by atoms with Crippen molar-refractivity contribution in [2.75, 3.05) is 13.3 Å². The van der Waals surface area contributed by atoms with Gasteiger partial charge in [-0.1, -0.05) is 24.8 Å². The second-order valence-electron chi connectivity index (χ2n) is 3.89. The Bertz CT molecular complexity index is 345. The van der Waals surface area contributed by atoms with Crippen LogP contribution in [-0.4, -0.2) is 42.9 Å². The Morgan fingerprint density at radius 1 is 1.40 bits per heavy atom. The maximum atomic E-state index is 11.7. The molecule has 9 heteroatoms. The molecule has 8 nitrogen and oxygen atoms in total. The molecule has 20 heavy (non-hydrogen) atoms. The lowest BCUT2D eigenvalue weighted by molar-refractivity contribution is -0.316. The third-order valence-corrected chi connectivity index (χ3v) is 2.52. The van der Waals surface area contributed by atoms with E-state index in [4.69, 9.17) is 14.1 Å². The molecule has 2 N–H and O–H groups in total. The number of nitrogens with one attached hydrogen (secondary N) is 1. The summed E-state index contributed by atoms with van der Waals surface area (Å²) in [6.45, 7) is 13.3. The molecule has 0 heterocycles. The van der Waals surface area contributed by atoms with Crippen molar-refractivity contribution in [3.8, 4) is 0 Å². The van der Waals surface area contributed by atoms with Crippen LogP contribution in [0.15, 0.2) is 38.2 Å². The van der Waals surface area contributed by atoms with Crippen molar-refractivity contribution >= 4 is 14.5 Å². The highest BCUT2D eigenvalue weighted by molar-refractivity contribution is 6.63. The molecule has 0 bridgehead atoms. The Hall–Kier alpha value is -1.49. The quantitative estimate of drug-likeness (QED) is 0.110. The van der Waals surface area contributed by atoms with Crippen molar-refractivity contribution in [3.05, 3.63) is 38.2 Å². The van der Waals surface area contributed by atoms with Crippen molar-refractivity contribution in [1.82, 2.24) is 15.9 Å². The number of hydrazine groups is 2. The zero-order valence-electron chi connectivity index (χ0n) is 11.7. The fraction of sp³-hybridized carbons (Fsp3) is 0.364. The van der Waals surface area contributed by atoms with Crippen LogP contribution < -0.4 is 5.59 Å². The van der Waals surface area contributed by atoms with Crippen LogP contribution in [0.25, 0.3) is 0 Å². The summed E-state index contributed by atoms with van der Waals surface area (Å²) in [6, 6.07) is 0. The molecule has 0 unspecified atom stereocenters. The van der Waals surface area contributed by atoms with Gasteiger partial charge >= 0.3 is 8.56 Å². The first-order valence-corrected chi connectivity index (χ1v) is 8.57. The van der Waals surface area contributed by atoms with E-state index in [1.165, 1.54) is 6.08 Å². The second-order valence-corrected chi connectivity index (χ2v) is 7.07. The van der Waals surface area contributed by atoms with Crippen molar-refractivity contribution < 1.29 is 23.7 Å². The molecule has 0 aromatic rings. The summed E-state index contributed by atoms with van der Waals surface area (Å²) in [4.78, 5) is 31.3. The van der Waals surface area contributed by atoms with Crippen LogP contribution in [0.5, 0.6) is 0 Å². The third-order valence-electron chi connectivity index (χ3n) is 1.68. The van der Waals surface area contributed by atoms with Crippen LogP contribution in [0.1, 0.15) is 0 Å². The van der Waals surface area contributed by atoms with Crippen LogP contribution >= 0.6 is 0 Å². The molecule has 0 fully saturated rings. The minimum absolute atomic E-state index is 0.157. The highest BCUT2D eigenvalue weighted by Crippen LogP contribution is 2.04. The zero-order valence-corrected chi connectivity index (χ0v) is 12.7. The van der Waals surface area contributed by atoms with Gasteiger partial charge in [0.2, 0.25) is 0 Å². The van der Waals surface area contributed by atoms with Gasteiger partial charge in [-0.3, -0.25) is 9.63 Å². The fourth-order valence-corrected chi connectivity index (χ4v) is 1.31. The van der Waals surface area contributed by atoms with Gasteiger partial charge in [0.05, 0.1) is 6.61 Å². The average molecular weight is 303 g/mol. The van der Waals surface area contributed by atoms with Crippen LogP contribution in [0, 0.1) is 0 Å². The molecule has 114 valence electrons. The zero-order chi connectivity index (χ0) is 15.6. The molecule has 0 aromatic carbocycles. The van der Waals surface area contributed by atoms with E-state index < -0.39 is 14.5 Å². The first-order valence-electron chi connectivity index (χ1n) is 5.72. The van der Waals surface area contributed by atoms with E-state index in [1.807, 2.05) is 0 Å². The summed E-state index contributed by atoms with van der Waals surface area (Å²) in [7, 11) is -2.78. The number of amides is 1. The number of hydrogen-bond acceptors (Lipinski definition) is 7. The second kappa shape index (κ2) is 9.42. The molecule has 0 aromatic heterocycles. The monoisotopic (exact) mass is 303 g/mol. The highest BCUT2D eigenvalue weighted by atomic mass is 28.4. The van der Waals surface area contributed by atoms with Gasteiger partial charge in [0.15, 0.2) is 0 Å². The standard InChI is InChI=1S/C11H21N3O5Si/c1-6-9-17-12-14(11(15)7-2)13(18-8-3)10-19-20(4,5)16/h6-8,12,16H,1-3,9-10H2,4-5H3. The lowest BCUT2D eigenvalue weighted by Gasteiger charge is -2.31. The van der Waals surface area contributed by atoms with Gasteiger partial charge in [-0.05, 0) is 24.3 Å². The van der Waals surface area contributed by atoms with E-state index in [9.17, 15) is 9.59 Å². The first-order chi connectivity index (χ1) is 9.35. The lowest BCUT2D eigenvalue weighted by Crippen LogP contribution is -2.54. The Morgan fingerprint density at radius 3 is 2.50 bits per heavy atom. The van der Waals surface area contributed by atoms with E-state index in [2.05, 4.69) is 25.3 Å². The van der Waals surface area contributed by atoms with Gasteiger partial charge in [0, 0.05) is 0 Å². The summed E-state index contributed by atoms with van der Waals surface area (Å²) in [5.41, 5.74) is 2.34. The molecule has 0 radical (unpaired) electrons. The Labute approximate surface area is 119 Å². The summed E-state index contributed by atoms with van der Waals surface area (Å²) in [5.74, 6) is -0.558. The normalized spacial score (nSPS) is 11.0. The van der Waals surface area contributed by atoms with Gasteiger partial charge in [0.1, 0.15) is 13.0 Å². The van der Waals surface area contributed by atoms with Crippen LogP contribution in [0.3, 0.4) is 0 Å². The van der Waals surface area contributed by atoms with Gasteiger partial charge < -0.3 is 14.1 Å². The topological polar surface area (TPSA) is 83.5 Å². The third kappa shape index (κ3) is 7.84. The lowest BCUT2D eigenvalue weighted by atomic mass is 10.6. The van der Waals surface area contributed by atoms with Crippen LogP contribution in [0.2, 0.25) is 13.1 Å². The molecule has 0 aliphatic carbocycles. The van der Waals surface area contributed by atoms with E-state index in [1.54, 1.807) is 13.1 Å². The smallest absolute Gasteiger partial charge is 0.330 e. The average Bonchev–Trinajstić information content (AvgIpc) is 2.38. The minimum Gasteiger partial charge on any atom is -0.411 e. The molecule has 0 saturated heterocycles. The van der Waals surface area contributed by atoms with Crippen molar-refractivity contribution in [3.63, 3.8) is 0 Å². The molecule has 0 spiro atoms. The number of nitrogens with zero attached hydrogens (tertiary/aromatic N) is 2. The summed E-state index contributed by atoms with van der Waals surface area (Å²) < 4.78 is 5.23. The van der Waals surface area contributed by atoms with Gasteiger partial charge in [-0.25, -0.2) is 0 Å². The Morgan fingerprint density at radius 2 is 2.05 bits per heavy atom. The minimum atomic E-state index is -2.78. The Kier molecular flexibility index (Phi) is 8.71. The maximum absolute atomic E-state index is 11.7. The van der Waals surface area contributed by atoms with Crippen molar-refractivity contribution in [1.29, 1.82) is 0 Å². The predicted octanol–water partition coefficient (Wildman–Crippen LogP) is 0.583. The largest absolute Gasteiger partial charge is 0.411 e. The molecule has 1 amide bonds. The van der Waals surface area contributed by atoms with E-state index >= 15 is 0 Å². The van der Waals surface area contributed by atoms with Crippen LogP contribution in [0.4, 0.5) is 0 Å². The Balaban J connectivity index is 4.80. The summed E-state index contributed by atoms with van der Waals surface area (Å²) in [6.07, 6.45) is 3.63. The molecule has 0 aliphatic rings. The number of hydroxylamine groups is 1. The first kappa shape index (κ1) is 18.5. The van der Waals surface area contributed by atoms with E-state index in [0.717, 1.165) is 22.6 Å². The molecule has 0 aliphatic heterocycles. The molecule has 0 atom stereocenters. The number of carbonyl (C=O) groups excluding carboxylic acids is 1.